The van der Waals surface area contributed by atoms with Crippen molar-refractivity contribution in [1.82, 2.24) is 0 Å². The fraction of sp³-hybridized carbons (Fsp3) is 0.533. The molecule has 4 heteroatoms. The summed E-state index contributed by atoms with van der Waals surface area (Å²) >= 11 is 1.68. The van der Waals surface area contributed by atoms with Crippen LogP contribution >= 0.6 is 11.8 Å². The first-order chi connectivity index (χ1) is 8.93. The number of carbonyl (C=O) groups is 1. The van der Waals surface area contributed by atoms with Crippen LogP contribution < -0.4 is 4.74 Å². The predicted molar refractivity (Wildman–Crippen MR) is 74.8 cm³/mol. The summed E-state index contributed by atoms with van der Waals surface area (Å²) in [6.07, 6.45) is 3.45. The second-order valence-electron chi connectivity index (χ2n) is 5.86. The van der Waals surface area contributed by atoms with E-state index in [9.17, 15) is 9.90 Å². The minimum absolute atomic E-state index is 0.257. The number of hydrogen-bond donors (Lipinski definition) is 1. The molecule has 0 amide bonds. The number of benzene rings is 1. The number of aliphatic carboxylic acids is 1. The first-order valence-electron chi connectivity index (χ1n) is 6.69. The Labute approximate surface area is 117 Å². The topological polar surface area (TPSA) is 46.5 Å². The first-order valence-corrected chi connectivity index (χ1v) is 7.51. The van der Waals surface area contributed by atoms with E-state index in [-0.39, 0.29) is 4.93 Å². The Morgan fingerprint density at radius 3 is 2.63 bits per heavy atom. The van der Waals surface area contributed by atoms with E-state index in [4.69, 9.17) is 4.74 Å². The van der Waals surface area contributed by atoms with Gasteiger partial charge in [-0.05, 0) is 44.4 Å². The maximum Gasteiger partial charge on any atom is 0.314 e. The van der Waals surface area contributed by atoms with Crippen molar-refractivity contribution in [3.05, 3.63) is 23.8 Å². The summed E-state index contributed by atoms with van der Waals surface area (Å²) in [7, 11) is 0. The highest BCUT2D eigenvalue weighted by Gasteiger charge is 2.44. The van der Waals surface area contributed by atoms with Gasteiger partial charge in [-0.3, -0.25) is 4.79 Å². The Balaban J connectivity index is 2.02. The molecule has 102 valence electrons. The van der Waals surface area contributed by atoms with Crippen LogP contribution in [0.15, 0.2) is 23.1 Å². The third-order valence-electron chi connectivity index (χ3n) is 4.07. The summed E-state index contributed by atoms with van der Waals surface area (Å²) < 4.78 is 5.89. The molecule has 1 saturated carbocycles. The maximum atomic E-state index is 11.7. The number of thioether (sulfide) groups is 1. The smallest absolute Gasteiger partial charge is 0.314 e. The third-order valence-corrected chi connectivity index (χ3v) is 5.21. The molecule has 1 N–H and O–H groups in total. The molecule has 1 aromatic rings. The Morgan fingerprint density at radius 2 is 2.00 bits per heavy atom. The normalized spacial score (nSPS) is 22.8. The number of carboxylic acid groups (broad SMARTS) is 1. The number of rotatable bonds is 2. The molecule has 3 rings (SSSR count). The second kappa shape index (κ2) is 4.17. The lowest BCUT2D eigenvalue weighted by molar-refractivity contribution is -0.143. The van der Waals surface area contributed by atoms with Gasteiger partial charge in [-0.1, -0.05) is 30.7 Å². The predicted octanol–water partition coefficient (Wildman–Crippen LogP) is 3.80. The Morgan fingerprint density at radius 1 is 1.32 bits per heavy atom. The van der Waals surface area contributed by atoms with Crippen LogP contribution in [0.25, 0.3) is 0 Å². The van der Waals surface area contributed by atoms with E-state index in [2.05, 4.69) is 0 Å². The average Bonchev–Trinajstić information content (AvgIpc) is 2.90. The van der Waals surface area contributed by atoms with Gasteiger partial charge in [-0.15, -0.1) is 0 Å². The van der Waals surface area contributed by atoms with Gasteiger partial charge in [-0.25, -0.2) is 0 Å². The van der Waals surface area contributed by atoms with Gasteiger partial charge in [0, 0.05) is 0 Å². The number of fused-ring (bicyclic) bond motifs is 1. The Hall–Kier alpha value is -1.16. The molecule has 0 unspecified atom stereocenters. The second-order valence-corrected chi connectivity index (χ2v) is 7.49. The van der Waals surface area contributed by atoms with Gasteiger partial charge < -0.3 is 9.84 Å². The summed E-state index contributed by atoms with van der Waals surface area (Å²) in [6.45, 7) is 4.06. The Kier molecular flexibility index (Phi) is 2.82. The quantitative estimate of drug-likeness (QED) is 0.893. The number of ether oxygens (including phenoxy) is 1. The maximum absolute atomic E-state index is 11.7. The van der Waals surface area contributed by atoms with Crippen molar-refractivity contribution >= 4 is 17.7 Å². The minimum atomic E-state index is -0.699. The first kappa shape index (κ1) is 12.9. The van der Waals surface area contributed by atoms with Gasteiger partial charge in [-0.2, -0.15) is 0 Å². The van der Waals surface area contributed by atoms with Crippen molar-refractivity contribution in [2.45, 2.75) is 54.8 Å². The van der Waals surface area contributed by atoms with Crippen molar-refractivity contribution in [1.29, 1.82) is 0 Å². The highest BCUT2D eigenvalue weighted by Crippen LogP contribution is 2.50. The molecule has 0 radical (unpaired) electrons. The molecule has 0 spiro atoms. The van der Waals surface area contributed by atoms with Crippen LogP contribution in [0, 0.1) is 0 Å². The van der Waals surface area contributed by atoms with Gasteiger partial charge >= 0.3 is 5.97 Å². The van der Waals surface area contributed by atoms with Gasteiger partial charge in [0.25, 0.3) is 0 Å². The molecule has 0 atom stereocenters. The van der Waals surface area contributed by atoms with E-state index in [0.717, 1.165) is 41.9 Å². The van der Waals surface area contributed by atoms with Crippen LogP contribution in [-0.4, -0.2) is 16.0 Å². The van der Waals surface area contributed by atoms with Crippen molar-refractivity contribution in [3.63, 3.8) is 0 Å². The molecular weight excluding hydrogens is 260 g/mol. The van der Waals surface area contributed by atoms with Crippen molar-refractivity contribution in [2.24, 2.45) is 0 Å². The highest BCUT2D eigenvalue weighted by molar-refractivity contribution is 8.00. The lowest BCUT2D eigenvalue weighted by atomic mass is 9.79. The van der Waals surface area contributed by atoms with Crippen LogP contribution in [0.5, 0.6) is 5.75 Å². The molecule has 19 heavy (non-hydrogen) atoms. The van der Waals surface area contributed by atoms with E-state index in [1.807, 2.05) is 32.0 Å². The highest BCUT2D eigenvalue weighted by atomic mass is 32.2. The van der Waals surface area contributed by atoms with Gasteiger partial charge in [0.15, 0.2) is 4.93 Å². The van der Waals surface area contributed by atoms with Crippen LogP contribution in [0.1, 0.15) is 45.1 Å². The summed E-state index contributed by atoms with van der Waals surface area (Å²) in [5, 5.41) is 9.62. The van der Waals surface area contributed by atoms with Crippen LogP contribution in [0.3, 0.4) is 0 Å². The van der Waals surface area contributed by atoms with Crippen molar-refractivity contribution in [2.75, 3.05) is 0 Å². The molecule has 3 nitrogen and oxygen atoms in total. The summed E-state index contributed by atoms with van der Waals surface area (Å²) in [5.74, 6) is 0.134. The zero-order valence-corrected chi connectivity index (χ0v) is 12.0. The molecule has 1 aliphatic heterocycles. The monoisotopic (exact) mass is 278 g/mol. The van der Waals surface area contributed by atoms with Crippen molar-refractivity contribution < 1.29 is 14.6 Å². The Bertz CT molecular complexity index is 530. The molecule has 1 heterocycles. The summed E-state index contributed by atoms with van der Waals surface area (Å²) in [5.41, 5.74) is 0.199. The average molecular weight is 278 g/mol. The van der Waals surface area contributed by atoms with Crippen molar-refractivity contribution in [3.8, 4) is 5.75 Å². The lowest BCUT2D eigenvalue weighted by Gasteiger charge is -2.24. The fourth-order valence-electron chi connectivity index (χ4n) is 3.12. The molecule has 0 saturated heterocycles. The summed E-state index contributed by atoms with van der Waals surface area (Å²) in [6, 6.07) is 5.92. The van der Waals surface area contributed by atoms with E-state index < -0.39 is 11.4 Å². The van der Waals surface area contributed by atoms with Gasteiger partial charge in [0.2, 0.25) is 0 Å². The van der Waals surface area contributed by atoms with Gasteiger partial charge in [0.05, 0.1) is 10.3 Å². The van der Waals surface area contributed by atoms with Crippen LogP contribution in [0.2, 0.25) is 0 Å². The zero-order valence-electron chi connectivity index (χ0n) is 11.2. The minimum Gasteiger partial charge on any atom is -0.481 e. The number of carboxylic acids is 1. The molecule has 1 aliphatic carbocycles. The van der Waals surface area contributed by atoms with E-state index in [0.29, 0.717) is 0 Å². The molecule has 0 bridgehead atoms. The summed E-state index contributed by atoms with van der Waals surface area (Å²) in [4.78, 5) is 12.6. The van der Waals surface area contributed by atoms with Crippen LogP contribution in [0.4, 0.5) is 0 Å². The van der Waals surface area contributed by atoms with Crippen LogP contribution in [-0.2, 0) is 10.2 Å². The largest absolute Gasteiger partial charge is 0.481 e. The molecule has 1 aromatic carbocycles. The van der Waals surface area contributed by atoms with E-state index >= 15 is 0 Å². The molecule has 0 aromatic heterocycles. The fourth-order valence-corrected chi connectivity index (χ4v) is 4.12. The lowest BCUT2D eigenvalue weighted by Crippen LogP contribution is -2.32. The third kappa shape index (κ3) is 2.02. The SMILES string of the molecule is CC1(C)Oc2cc(C3(C(=O)O)CCCC3)ccc2S1. The molecular formula is C15H18O3S. The standard InChI is InChI=1S/C15H18O3S/c1-14(2)18-11-9-10(5-6-12(11)19-14)15(13(16)17)7-3-4-8-15/h5-6,9H,3-4,7-8H2,1-2H3,(H,16,17). The van der Waals surface area contributed by atoms with E-state index in [1.165, 1.54) is 0 Å². The van der Waals surface area contributed by atoms with Gasteiger partial charge in [0.1, 0.15) is 5.75 Å². The molecule has 1 fully saturated rings. The van der Waals surface area contributed by atoms with E-state index in [1.54, 1.807) is 11.8 Å². The number of hydrogen-bond acceptors (Lipinski definition) is 3. The molecule has 2 aliphatic rings. The zero-order chi connectivity index (χ0) is 13.7.